The molecule has 0 atom stereocenters. The molecule has 0 bridgehead atoms. The second-order valence-electron chi connectivity index (χ2n) is 3.94. The standard InChI is InChI=1S/C12H16N4/c1-8-4-5-9-10(3-2-6-13)15-12(14)16-11(9)7-8/h4-5,7H,2-3,6,13H2,1H3,(H2,14,15,16). The summed E-state index contributed by atoms with van der Waals surface area (Å²) in [4.78, 5) is 8.52. The Morgan fingerprint density at radius 3 is 2.81 bits per heavy atom. The highest BCUT2D eigenvalue weighted by Gasteiger charge is 2.05. The molecule has 0 radical (unpaired) electrons. The molecule has 2 rings (SSSR count). The fraction of sp³-hybridized carbons (Fsp3) is 0.333. The molecule has 0 amide bonds. The van der Waals surface area contributed by atoms with E-state index in [4.69, 9.17) is 11.5 Å². The van der Waals surface area contributed by atoms with Gasteiger partial charge in [-0.05, 0) is 37.9 Å². The van der Waals surface area contributed by atoms with E-state index < -0.39 is 0 Å². The van der Waals surface area contributed by atoms with Gasteiger partial charge < -0.3 is 11.5 Å². The first kappa shape index (κ1) is 10.8. The number of rotatable bonds is 3. The lowest BCUT2D eigenvalue weighted by Crippen LogP contribution is -2.05. The van der Waals surface area contributed by atoms with Crippen molar-refractivity contribution in [1.82, 2.24) is 9.97 Å². The van der Waals surface area contributed by atoms with Gasteiger partial charge in [-0.15, -0.1) is 0 Å². The zero-order valence-corrected chi connectivity index (χ0v) is 9.40. The van der Waals surface area contributed by atoms with E-state index in [1.807, 2.05) is 13.0 Å². The fourth-order valence-electron chi connectivity index (χ4n) is 1.79. The van der Waals surface area contributed by atoms with Crippen LogP contribution >= 0.6 is 0 Å². The molecule has 0 aliphatic rings. The van der Waals surface area contributed by atoms with E-state index in [9.17, 15) is 0 Å². The maximum atomic E-state index is 5.69. The van der Waals surface area contributed by atoms with Gasteiger partial charge in [0.2, 0.25) is 5.95 Å². The lowest BCUT2D eigenvalue weighted by Gasteiger charge is -2.06. The van der Waals surface area contributed by atoms with E-state index in [2.05, 4.69) is 22.1 Å². The number of aryl methyl sites for hydroxylation is 2. The zero-order chi connectivity index (χ0) is 11.5. The average Bonchev–Trinajstić information content (AvgIpc) is 2.25. The molecule has 84 valence electrons. The quantitative estimate of drug-likeness (QED) is 0.813. The van der Waals surface area contributed by atoms with Crippen LogP contribution in [0.2, 0.25) is 0 Å². The van der Waals surface area contributed by atoms with E-state index in [0.717, 1.165) is 29.4 Å². The lowest BCUT2D eigenvalue weighted by molar-refractivity contribution is 0.815. The third-order valence-corrected chi connectivity index (χ3v) is 2.57. The van der Waals surface area contributed by atoms with Crippen molar-refractivity contribution in [3.8, 4) is 0 Å². The van der Waals surface area contributed by atoms with E-state index in [1.165, 1.54) is 5.56 Å². The molecule has 0 spiro atoms. The van der Waals surface area contributed by atoms with Gasteiger partial charge in [0.15, 0.2) is 0 Å². The van der Waals surface area contributed by atoms with Gasteiger partial charge in [-0.1, -0.05) is 12.1 Å². The number of hydrogen-bond donors (Lipinski definition) is 2. The third-order valence-electron chi connectivity index (χ3n) is 2.57. The lowest BCUT2D eigenvalue weighted by atomic mass is 10.1. The Bertz CT molecular complexity index is 502. The average molecular weight is 216 g/mol. The van der Waals surface area contributed by atoms with Crippen molar-refractivity contribution in [2.45, 2.75) is 19.8 Å². The van der Waals surface area contributed by atoms with Crippen LogP contribution in [-0.4, -0.2) is 16.5 Å². The summed E-state index contributed by atoms with van der Waals surface area (Å²) in [6.07, 6.45) is 1.77. The van der Waals surface area contributed by atoms with Crippen molar-refractivity contribution in [2.24, 2.45) is 5.73 Å². The third kappa shape index (κ3) is 2.12. The van der Waals surface area contributed by atoms with Crippen molar-refractivity contribution in [1.29, 1.82) is 0 Å². The van der Waals surface area contributed by atoms with Crippen LogP contribution in [0, 0.1) is 6.92 Å². The first-order chi connectivity index (χ1) is 7.70. The zero-order valence-electron chi connectivity index (χ0n) is 9.40. The molecule has 0 aliphatic heterocycles. The summed E-state index contributed by atoms with van der Waals surface area (Å²) in [5.41, 5.74) is 14.3. The van der Waals surface area contributed by atoms with Gasteiger partial charge in [-0.2, -0.15) is 0 Å². The van der Waals surface area contributed by atoms with Crippen LogP contribution in [0.3, 0.4) is 0 Å². The van der Waals surface area contributed by atoms with Gasteiger partial charge >= 0.3 is 0 Å². The Labute approximate surface area is 94.7 Å². The first-order valence-electron chi connectivity index (χ1n) is 5.43. The van der Waals surface area contributed by atoms with Crippen molar-refractivity contribution in [3.63, 3.8) is 0 Å². The van der Waals surface area contributed by atoms with Crippen LogP contribution in [0.25, 0.3) is 10.9 Å². The summed E-state index contributed by atoms with van der Waals surface area (Å²) in [5.74, 6) is 0.338. The highest BCUT2D eigenvalue weighted by atomic mass is 15.0. The van der Waals surface area contributed by atoms with Crippen LogP contribution in [0.1, 0.15) is 17.7 Å². The molecule has 4 N–H and O–H groups in total. The van der Waals surface area contributed by atoms with E-state index in [1.54, 1.807) is 0 Å². The number of nitrogen functional groups attached to an aromatic ring is 1. The van der Waals surface area contributed by atoms with Crippen LogP contribution in [0.15, 0.2) is 18.2 Å². The molecular weight excluding hydrogens is 200 g/mol. The molecule has 0 unspecified atom stereocenters. The molecule has 0 saturated carbocycles. The van der Waals surface area contributed by atoms with Crippen molar-refractivity contribution in [2.75, 3.05) is 12.3 Å². The molecule has 1 heterocycles. The number of aromatic nitrogens is 2. The van der Waals surface area contributed by atoms with Crippen LogP contribution in [-0.2, 0) is 6.42 Å². The van der Waals surface area contributed by atoms with Gasteiger partial charge in [-0.3, -0.25) is 0 Å². The largest absolute Gasteiger partial charge is 0.368 e. The maximum absolute atomic E-state index is 5.69. The molecule has 0 saturated heterocycles. The Morgan fingerprint density at radius 1 is 1.25 bits per heavy atom. The minimum Gasteiger partial charge on any atom is -0.368 e. The highest BCUT2D eigenvalue weighted by Crippen LogP contribution is 2.19. The monoisotopic (exact) mass is 216 g/mol. The van der Waals surface area contributed by atoms with Gasteiger partial charge in [0.05, 0.1) is 11.2 Å². The SMILES string of the molecule is Cc1ccc2c(CCCN)nc(N)nc2c1. The van der Waals surface area contributed by atoms with Crippen LogP contribution in [0.4, 0.5) is 5.95 Å². The summed E-state index contributed by atoms with van der Waals surface area (Å²) in [5, 5.41) is 1.08. The molecule has 0 aliphatic carbocycles. The minimum atomic E-state index is 0.338. The summed E-state index contributed by atoms with van der Waals surface area (Å²) >= 11 is 0. The Kier molecular flexibility index (Phi) is 3.01. The van der Waals surface area contributed by atoms with Crippen molar-refractivity contribution in [3.05, 3.63) is 29.5 Å². The molecule has 2 aromatic rings. The Hall–Kier alpha value is -1.68. The van der Waals surface area contributed by atoms with Gasteiger partial charge in [0, 0.05) is 5.39 Å². The molecule has 1 aromatic heterocycles. The maximum Gasteiger partial charge on any atom is 0.220 e. The predicted octanol–water partition coefficient (Wildman–Crippen LogP) is 1.41. The predicted molar refractivity (Wildman–Crippen MR) is 66.1 cm³/mol. The topological polar surface area (TPSA) is 77.8 Å². The number of hydrogen-bond acceptors (Lipinski definition) is 4. The number of nitrogens with two attached hydrogens (primary N) is 2. The summed E-state index contributed by atoms with van der Waals surface area (Å²) in [6, 6.07) is 6.14. The molecule has 0 fully saturated rings. The molecule has 1 aromatic carbocycles. The molecule has 16 heavy (non-hydrogen) atoms. The second kappa shape index (κ2) is 4.45. The van der Waals surface area contributed by atoms with Crippen LogP contribution < -0.4 is 11.5 Å². The Balaban J connectivity index is 2.54. The van der Waals surface area contributed by atoms with E-state index in [0.29, 0.717) is 12.5 Å². The first-order valence-corrected chi connectivity index (χ1v) is 5.43. The van der Waals surface area contributed by atoms with Crippen LogP contribution in [0.5, 0.6) is 0 Å². The van der Waals surface area contributed by atoms with Crippen molar-refractivity contribution < 1.29 is 0 Å². The van der Waals surface area contributed by atoms with Gasteiger partial charge in [0.25, 0.3) is 0 Å². The van der Waals surface area contributed by atoms with Gasteiger partial charge in [0.1, 0.15) is 0 Å². The minimum absolute atomic E-state index is 0.338. The fourth-order valence-corrected chi connectivity index (χ4v) is 1.79. The van der Waals surface area contributed by atoms with E-state index in [-0.39, 0.29) is 0 Å². The molecular formula is C12H16N4. The summed E-state index contributed by atoms with van der Waals surface area (Å²) in [7, 11) is 0. The van der Waals surface area contributed by atoms with Crippen molar-refractivity contribution >= 4 is 16.9 Å². The number of benzene rings is 1. The normalized spacial score (nSPS) is 10.9. The molecule has 4 nitrogen and oxygen atoms in total. The van der Waals surface area contributed by atoms with Gasteiger partial charge in [-0.25, -0.2) is 9.97 Å². The number of nitrogens with zero attached hydrogens (tertiary/aromatic N) is 2. The Morgan fingerprint density at radius 2 is 2.06 bits per heavy atom. The highest BCUT2D eigenvalue weighted by molar-refractivity contribution is 5.82. The number of anilines is 1. The summed E-state index contributed by atoms with van der Waals surface area (Å²) in [6.45, 7) is 2.70. The second-order valence-corrected chi connectivity index (χ2v) is 3.94. The summed E-state index contributed by atoms with van der Waals surface area (Å²) < 4.78 is 0. The number of fused-ring (bicyclic) bond motifs is 1. The molecule has 4 heteroatoms. The van der Waals surface area contributed by atoms with E-state index >= 15 is 0 Å². The smallest absolute Gasteiger partial charge is 0.220 e.